The normalized spacial score (nSPS) is 16.9. The predicted octanol–water partition coefficient (Wildman–Crippen LogP) is 4.25. The summed E-state index contributed by atoms with van der Waals surface area (Å²) in [6.45, 7) is 4.49. The standard InChI is InChI=1S/C20H21NO2/c1-2-23-20(17-12-7-4-8-13-17)19(16-10-5-3-6-11-16)21-15-9-14-18(21)22/h2-8,10-13,19-20H,1,9,14-15H2. The lowest BCUT2D eigenvalue weighted by molar-refractivity contribution is -0.132. The Morgan fingerprint density at radius 2 is 1.61 bits per heavy atom. The number of rotatable bonds is 6. The Hall–Kier alpha value is -2.55. The molecule has 2 aromatic carbocycles. The van der Waals surface area contributed by atoms with E-state index in [4.69, 9.17) is 4.74 Å². The molecule has 0 aliphatic carbocycles. The first kappa shape index (κ1) is 15.3. The number of hydrogen-bond donors (Lipinski definition) is 0. The van der Waals surface area contributed by atoms with Gasteiger partial charge in [0.1, 0.15) is 6.10 Å². The number of amides is 1. The van der Waals surface area contributed by atoms with Gasteiger partial charge in [-0.2, -0.15) is 0 Å². The van der Waals surface area contributed by atoms with Crippen molar-refractivity contribution in [2.45, 2.75) is 25.0 Å². The van der Waals surface area contributed by atoms with Gasteiger partial charge in [-0.05, 0) is 17.5 Å². The maximum Gasteiger partial charge on any atom is 0.223 e. The van der Waals surface area contributed by atoms with E-state index >= 15 is 0 Å². The summed E-state index contributed by atoms with van der Waals surface area (Å²) in [5, 5.41) is 0. The van der Waals surface area contributed by atoms with Crippen molar-refractivity contribution in [3.05, 3.63) is 84.6 Å². The molecule has 0 saturated carbocycles. The van der Waals surface area contributed by atoms with Crippen LogP contribution in [0.3, 0.4) is 0 Å². The molecule has 0 N–H and O–H groups in total. The highest BCUT2D eigenvalue weighted by Crippen LogP contribution is 2.39. The molecule has 1 saturated heterocycles. The van der Waals surface area contributed by atoms with Crippen molar-refractivity contribution in [2.24, 2.45) is 0 Å². The van der Waals surface area contributed by atoms with Gasteiger partial charge in [-0.3, -0.25) is 4.79 Å². The molecule has 2 aromatic rings. The maximum absolute atomic E-state index is 12.4. The SMILES string of the molecule is C=COC(c1ccccc1)C(c1ccccc1)N1CCCC1=O. The second kappa shape index (κ2) is 7.14. The molecule has 0 spiro atoms. The van der Waals surface area contributed by atoms with Crippen molar-refractivity contribution in [3.63, 3.8) is 0 Å². The fourth-order valence-electron chi connectivity index (χ4n) is 3.21. The molecule has 1 amide bonds. The summed E-state index contributed by atoms with van der Waals surface area (Å²) in [5.74, 6) is 0.187. The van der Waals surface area contributed by atoms with E-state index in [9.17, 15) is 4.79 Å². The lowest BCUT2D eigenvalue weighted by atomic mass is 9.94. The molecular weight excluding hydrogens is 286 g/mol. The van der Waals surface area contributed by atoms with Crippen molar-refractivity contribution >= 4 is 5.91 Å². The van der Waals surface area contributed by atoms with E-state index < -0.39 is 0 Å². The number of nitrogens with zero attached hydrogens (tertiary/aromatic N) is 1. The summed E-state index contributed by atoms with van der Waals surface area (Å²) < 4.78 is 5.88. The summed E-state index contributed by atoms with van der Waals surface area (Å²) >= 11 is 0. The van der Waals surface area contributed by atoms with Gasteiger partial charge < -0.3 is 9.64 Å². The van der Waals surface area contributed by atoms with Gasteiger partial charge in [0.05, 0.1) is 12.3 Å². The van der Waals surface area contributed by atoms with Gasteiger partial charge in [-0.15, -0.1) is 0 Å². The molecule has 0 radical (unpaired) electrons. The third kappa shape index (κ3) is 3.29. The highest BCUT2D eigenvalue weighted by Gasteiger charge is 2.36. The van der Waals surface area contributed by atoms with E-state index in [1.807, 2.05) is 53.4 Å². The van der Waals surface area contributed by atoms with Crippen LogP contribution in [0.15, 0.2) is 73.5 Å². The molecule has 23 heavy (non-hydrogen) atoms. The Kier molecular flexibility index (Phi) is 4.77. The molecule has 1 fully saturated rings. The summed E-state index contributed by atoms with van der Waals surface area (Å²) in [4.78, 5) is 14.3. The second-order valence-corrected chi connectivity index (χ2v) is 5.68. The molecule has 1 heterocycles. The Morgan fingerprint density at radius 1 is 1.00 bits per heavy atom. The number of carbonyl (C=O) groups is 1. The zero-order chi connectivity index (χ0) is 16.1. The van der Waals surface area contributed by atoms with Crippen LogP contribution in [0.25, 0.3) is 0 Å². The largest absolute Gasteiger partial charge is 0.491 e. The molecule has 1 aliphatic heterocycles. The average Bonchev–Trinajstić information content (AvgIpc) is 3.02. The molecule has 2 unspecified atom stereocenters. The van der Waals surface area contributed by atoms with Crippen LogP contribution in [0.4, 0.5) is 0 Å². The van der Waals surface area contributed by atoms with E-state index in [0.29, 0.717) is 6.42 Å². The molecule has 3 heteroatoms. The van der Waals surface area contributed by atoms with E-state index in [2.05, 4.69) is 18.7 Å². The van der Waals surface area contributed by atoms with Gasteiger partial charge in [-0.1, -0.05) is 67.2 Å². The minimum absolute atomic E-state index is 0.147. The number of benzene rings is 2. The van der Waals surface area contributed by atoms with Gasteiger partial charge >= 0.3 is 0 Å². The molecule has 118 valence electrons. The number of likely N-dealkylation sites (tertiary alicyclic amines) is 1. The van der Waals surface area contributed by atoms with Crippen molar-refractivity contribution in [2.75, 3.05) is 6.54 Å². The zero-order valence-electron chi connectivity index (χ0n) is 13.1. The molecule has 1 aliphatic rings. The van der Waals surface area contributed by atoms with Gasteiger partial charge in [0, 0.05) is 13.0 Å². The van der Waals surface area contributed by atoms with Crippen LogP contribution in [0.1, 0.15) is 36.1 Å². The lowest BCUT2D eigenvalue weighted by Crippen LogP contribution is -2.34. The van der Waals surface area contributed by atoms with Crippen LogP contribution >= 0.6 is 0 Å². The van der Waals surface area contributed by atoms with Crippen molar-refractivity contribution in [1.29, 1.82) is 0 Å². The van der Waals surface area contributed by atoms with E-state index in [1.54, 1.807) is 0 Å². The quantitative estimate of drug-likeness (QED) is 0.747. The first-order chi connectivity index (χ1) is 11.3. The zero-order valence-corrected chi connectivity index (χ0v) is 13.1. The van der Waals surface area contributed by atoms with Crippen LogP contribution in [-0.2, 0) is 9.53 Å². The summed E-state index contributed by atoms with van der Waals surface area (Å²) in [7, 11) is 0. The van der Waals surface area contributed by atoms with E-state index in [-0.39, 0.29) is 18.1 Å². The molecule has 0 bridgehead atoms. The number of carbonyl (C=O) groups excluding carboxylic acids is 1. The maximum atomic E-state index is 12.4. The number of hydrogen-bond acceptors (Lipinski definition) is 2. The highest BCUT2D eigenvalue weighted by atomic mass is 16.5. The summed E-state index contributed by atoms with van der Waals surface area (Å²) in [5.41, 5.74) is 2.12. The molecule has 2 atom stereocenters. The van der Waals surface area contributed by atoms with Gasteiger partial charge in [0.2, 0.25) is 5.91 Å². The van der Waals surface area contributed by atoms with Crippen LogP contribution in [0, 0.1) is 0 Å². The summed E-state index contributed by atoms with van der Waals surface area (Å²) in [6.07, 6.45) is 2.71. The lowest BCUT2D eigenvalue weighted by Gasteiger charge is -2.34. The predicted molar refractivity (Wildman–Crippen MR) is 90.6 cm³/mol. The fraction of sp³-hybridized carbons (Fsp3) is 0.250. The Balaban J connectivity index is 2.04. The molecular formula is C20H21NO2. The van der Waals surface area contributed by atoms with Crippen LogP contribution in [0.5, 0.6) is 0 Å². The van der Waals surface area contributed by atoms with Crippen molar-refractivity contribution in [3.8, 4) is 0 Å². The highest BCUT2D eigenvalue weighted by molar-refractivity contribution is 5.78. The van der Waals surface area contributed by atoms with Crippen LogP contribution in [0.2, 0.25) is 0 Å². The Morgan fingerprint density at radius 3 is 2.13 bits per heavy atom. The van der Waals surface area contributed by atoms with E-state index in [0.717, 1.165) is 24.1 Å². The smallest absolute Gasteiger partial charge is 0.223 e. The monoisotopic (exact) mass is 307 g/mol. The van der Waals surface area contributed by atoms with Crippen molar-refractivity contribution < 1.29 is 9.53 Å². The Labute approximate surface area is 137 Å². The Bertz CT molecular complexity index is 654. The summed E-state index contributed by atoms with van der Waals surface area (Å²) in [6, 6.07) is 20.0. The first-order valence-corrected chi connectivity index (χ1v) is 7.97. The topological polar surface area (TPSA) is 29.5 Å². The van der Waals surface area contributed by atoms with Gasteiger partial charge in [-0.25, -0.2) is 0 Å². The fourth-order valence-corrected chi connectivity index (χ4v) is 3.21. The number of ether oxygens (including phenoxy) is 1. The molecule has 3 rings (SSSR count). The van der Waals surface area contributed by atoms with Crippen molar-refractivity contribution in [1.82, 2.24) is 4.90 Å². The van der Waals surface area contributed by atoms with E-state index in [1.165, 1.54) is 6.26 Å². The first-order valence-electron chi connectivity index (χ1n) is 7.97. The third-order valence-electron chi connectivity index (χ3n) is 4.24. The average molecular weight is 307 g/mol. The van der Waals surface area contributed by atoms with Gasteiger partial charge in [0.15, 0.2) is 0 Å². The minimum atomic E-state index is -0.266. The third-order valence-corrected chi connectivity index (χ3v) is 4.24. The second-order valence-electron chi connectivity index (χ2n) is 5.68. The minimum Gasteiger partial charge on any atom is -0.491 e. The van der Waals surface area contributed by atoms with Crippen LogP contribution < -0.4 is 0 Å². The van der Waals surface area contributed by atoms with Crippen LogP contribution in [-0.4, -0.2) is 17.4 Å². The molecule has 0 aromatic heterocycles. The molecule has 3 nitrogen and oxygen atoms in total. The van der Waals surface area contributed by atoms with Gasteiger partial charge in [0.25, 0.3) is 0 Å².